The molecule has 4 heteroatoms. The predicted octanol–water partition coefficient (Wildman–Crippen LogP) is 1.49. The molecule has 1 aromatic rings. The monoisotopic (exact) mass is 223 g/mol. The lowest BCUT2D eigenvalue weighted by atomic mass is 9.94. The van der Waals surface area contributed by atoms with Gasteiger partial charge in [-0.2, -0.15) is 5.10 Å². The van der Waals surface area contributed by atoms with E-state index in [1.807, 2.05) is 6.07 Å². The number of hydrogen-bond donors (Lipinski definition) is 2. The number of hydrogen-bond acceptors (Lipinski definition) is 3. The molecule has 0 bridgehead atoms. The molecule has 0 spiro atoms. The highest BCUT2D eigenvalue weighted by molar-refractivity contribution is 5.14. The van der Waals surface area contributed by atoms with E-state index in [4.69, 9.17) is 5.11 Å². The first-order valence-corrected chi connectivity index (χ1v) is 6.09. The van der Waals surface area contributed by atoms with Crippen LogP contribution >= 0.6 is 0 Å². The molecule has 1 unspecified atom stereocenters. The van der Waals surface area contributed by atoms with Crippen molar-refractivity contribution in [2.24, 2.45) is 0 Å². The van der Waals surface area contributed by atoms with Crippen LogP contribution in [-0.2, 0) is 6.61 Å². The molecule has 0 aliphatic carbocycles. The zero-order chi connectivity index (χ0) is 11.5. The Morgan fingerprint density at radius 3 is 3.06 bits per heavy atom. The van der Waals surface area contributed by atoms with Gasteiger partial charge in [-0.05, 0) is 39.3 Å². The van der Waals surface area contributed by atoms with Crippen LogP contribution < -0.4 is 0 Å². The van der Waals surface area contributed by atoms with Crippen molar-refractivity contribution < 1.29 is 5.11 Å². The molecule has 1 fully saturated rings. The van der Waals surface area contributed by atoms with E-state index >= 15 is 0 Å². The Morgan fingerprint density at radius 2 is 2.44 bits per heavy atom. The molecule has 2 heterocycles. The number of aliphatic hydroxyl groups excluding tert-OH is 1. The molecule has 1 atom stereocenters. The second kappa shape index (κ2) is 4.97. The zero-order valence-electron chi connectivity index (χ0n) is 10.1. The summed E-state index contributed by atoms with van der Waals surface area (Å²) in [5.41, 5.74) is 1.92. The molecule has 16 heavy (non-hydrogen) atoms. The number of piperidine rings is 1. The molecule has 0 saturated carbocycles. The SMILES string of the molecule is CC(C)N1CCCC(c2cc(CO)[nH]n2)C1. The van der Waals surface area contributed by atoms with Gasteiger partial charge in [0.15, 0.2) is 0 Å². The molecule has 2 rings (SSSR count). The minimum absolute atomic E-state index is 0.0492. The van der Waals surface area contributed by atoms with Gasteiger partial charge in [-0.1, -0.05) is 0 Å². The Kier molecular flexibility index (Phi) is 3.61. The van der Waals surface area contributed by atoms with Gasteiger partial charge in [-0.25, -0.2) is 0 Å². The van der Waals surface area contributed by atoms with Crippen molar-refractivity contribution in [3.8, 4) is 0 Å². The summed E-state index contributed by atoms with van der Waals surface area (Å²) >= 11 is 0. The first-order valence-electron chi connectivity index (χ1n) is 6.09. The van der Waals surface area contributed by atoms with Crippen molar-refractivity contribution in [3.05, 3.63) is 17.5 Å². The normalized spacial score (nSPS) is 22.9. The summed E-state index contributed by atoms with van der Waals surface area (Å²) in [6.45, 7) is 6.82. The Balaban J connectivity index is 2.03. The first kappa shape index (κ1) is 11.6. The van der Waals surface area contributed by atoms with Gasteiger partial charge in [0.25, 0.3) is 0 Å². The summed E-state index contributed by atoms with van der Waals surface area (Å²) in [7, 11) is 0. The third-order valence-corrected chi connectivity index (χ3v) is 3.42. The average molecular weight is 223 g/mol. The number of aromatic nitrogens is 2. The van der Waals surface area contributed by atoms with Crippen LogP contribution in [0, 0.1) is 0 Å². The summed E-state index contributed by atoms with van der Waals surface area (Å²) in [6.07, 6.45) is 2.45. The lowest BCUT2D eigenvalue weighted by molar-refractivity contribution is 0.166. The second-order valence-corrected chi connectivity index (χ2v) is 4.90. The minimum Gasteiger partial charge on any atom is -0.390 e. The van der Waals surface area contributed by atoms with Gasteiger partial charge in [0.1, 0.15) is 0 Å². The highest BCUT2D eigenvalue weighted by Crippen LogP contribution is 2.26. The van der Waals surface area contributed by atoms with Crippen LogP contribution in [0.15, 0.2) is 6.07 Å². The van der Waals surface area contributed by atoms with Gasteiger partial charge in [0, 0.05) is 18.5 Å². The van der Waals surface area contributed by atoms with E-state index in [1.54, 1.807) is 0 Å². The van der Waals surface area contributed by atoms with E-state index in [2.05, 4.69) is 28.9 Å². The Labute approximate surface area is 96.7 Å². The molecule has 1 aliphatic rings. The van der Waals surface area contributed by atoms with Crippen molar-refractivity contribution in [1.29, 1.82) is 0 Å². The van der Waals surface area contributed by atoms with Gasteiger partial charge in [-0.3, -0.25) is 5.10 Å². The van der Waals surface area contributed by atoms with E-state index in [0.717, 1.165) is 17.9 Å². The molecule has 2 N–H and O–H groups in total. The van der Waals surface area contributed by atoms with E-state index in [9.17, 15) is 0 Å². The fourth-order valence-electron chi connectivity index (χ4n) is 2.39. The van der Waals surface area contributed by atoms with E-state index in [0.29, 0.717) is 12.0 Å². The quantitative estimate of drug-likeness (QED) is 0.816. The van der Waals surface area contributed by atoms with Crippen LogP contribution in [0.4, 0.5) is 0 Å². The third kappa shape index (κ3) is 2.44. The van der Waals surface area contributed by atoms with Crippen LogP contribution in [-0.4, -0.2) is 39.3 Å². The number of likely N-dealkylation sites (tertiary alicyclic amines) is 1. The van der Waals surface area contributed by atoms with E-state index < -0.39 is 0 Å². The smallest absolute Gasteiger partial charge is 0.0847 e. The fraction of sp³-hybridized carbons (Fsp3) is 0.750. The number of aromatic amines is 1. The van der Waals surface area contributed by atoms with Crippen molar-refractivity contribution in [1.82, 2.24) is 15.1 Å². The molecule has 1 aromatic heterocycles. The molecular formula is C12H21N3O. The average Bonchev–Trinajstić information content (AvgIpc) is 2.77. The number of nitrogens with zero attached hydrogens (tertiary/aromatic N) is 2. The Bertz CT molecular complexity index is 335. The topological polar surface area (TPSA) is 52.1 Å². The molecule has 1 saturated heterocycles. The van der Waals surface area contributed by atoms with E-state index in [-0.39, 0.29) is 6.61 Å². The summed E-state index contributed by atoms with van der Waals surface area (Å²) in [5, 5.41) is 16.2. The van der Waals surface area contributed by atoms with Gasteiger partial charge >= 0.3 is 0 Å². The van der Waals surface area contributed by atoms with Crippen LogP contribution in [0.3, 0.4) is 0 Å². The molecule has 0 radical (unpaired) electrons. The minimum atomic E-state index is 0.0492. The van der Waals surface area contributed by atoms with E-state index in [1.165, 1.54) is 19.4 Å². The summed E-state index contributed by atoms with van der Waals surface area (Å²) in [6, 6.07) is 2.60. The van der Waals surface area contributed by atoms with Gasteiger partial charge in [-0.15, -0.1) is 0 Å². The van der Waals surface area contributed by atoms with Gasteiger partial charge < -0.3 is 10.0 Å². The maximum atomic E-state index is 9.01. The van der Waals surface area contributed by atoms with Crippen LogP contribution in [0.5, 0.6) is 0 Å². The Hall–Kier alpha value is -0.870. The van der Waals surface area contributed by atoms with Gasteiger partial charge in [0.05, 0.1) is 18.0 Å². The zero-order valence-corrected chi connectivity index (χ0v) is 10.1. The number of aliphatic hydroxyl groups is 1. The van der Waals surface area contributed by atoms with Crippen molar-refractivity contribution in [2.75, 3.05) is 13.1 Å². The maximum absolute atomic E-state index is 9.01. The van der Waals surface area contributed by atoms with Crippen molar-refractivity contribution >= 4 is 0 Å². The van der Waals surface area contributed by atoms with Crippen LogP contribution in [0.1, 0.15) is 44.0 Å². The summed E-state index contributed by atoms with van der Waals surface area (Å²) < 4.78 is 0. The lowest BCUT2D eigenvalue weighted by Crippen LogP contribution is -2.39. The summed E-state index contributed by atoms with van der Waals surface area (Å²) in [5.74, 6) is 0.521. The second-order valence-electron chi connectivity index (χ2n) is 4.90. The van der Waals surface area contributed by atoms with Crippen molar-refractivity contribution in [2.45, 2.75) is 45.3 Å². The number of rotatable bonds is 3. The third-order valence-electron chi connectivity index (χ3n) is 3.42. The van der Waals surface area contributed by atoms with Crippen molar-refractivity contribution in [3.63, 3.8) is 0 Å². The van der Waals surface area contributed by atoms with Crippen LogP contribution in [0.2, 0.25) is 0 Å². The lowest BCUT2D eigenvalue weighted by Gasteiger charge is -2.34. The highest BCUT2D eigenvalue weighted by Gasteiger charge is 2.24. The summed E-state index contributed by atoms with van der Waals surface area (Å²) in [4.78, 5) is 2.50. The molecule has 0 amide bonds. The molecular weight excluding hydrogens is 202 g/mol. The standard InChI is InChI=1S/C12H21N3O/c1-9(2)15-5-3-4-10(7-15)12-6-11(8-16)13-14-12/h6,9-10,16H,3-5,7-8H2,1-2H3,(H,13,14). The Morgan fingerprint density at radius 1 is 1.62 bits per heavy atom. The fourth-order valence-corrected chi connectivity index (χ4v) is 2.39. The van der Waals surface area contributed by atoms with Crippen LogP contribution in [0.25, 0.3) is 0 Å². The first-order chi connectivity index (χ1) is 7.70. The largest absolute Gasteiger partial charge is 0.390 e. The number of nitrogens with one attached hydrogen (secondary N) is 1. The molecule has 90 valence electrons. The molecule has 0 aromatic carbocycles. The molecule has 4 nitrogen and oxygen atoms in total. The highest BCUT2D eigenvalue weighted by atomic mass is 16.3. The van der Waals surface area contributed by atoms with Gasteiger partial charge in [0.2, 0.25) is 0 Å². The number of H-pyrrole nitrogens is 1. The maximum Gasteiger partial charge on any atom is 0.0847 e. The predicted molar refractivity (Wildman–Crippen MR) is 63.2 cm³/mol. The molecule has 1 aliphatic heterocycles.